The summed E-state index contributed by atoms with van der Waals surface area (Å²) in [5.41, 5.74) is 1.98. The highest BCUT2D eigenvalue weighted by atomic mass is 32.1. The first kappa shape index (κ1) is 22.7. The highest BCUT2D eigenvalue weighted by molar-refractivity contribution is 7.12. The Bertz CT molecular complexity index is 1160. The van der Waals surface area contributed by atoms with Gasteiger partial charge in [0.15, 0.2) is 5.01 Å². The molecule has 3 heterocycles. The minimum atomic E-state index is -0.376. The van der Waals surface area contributed by atoms with Crippen LogP contribution in [0.25, 0.3) is 0 Å². The van der Waals surface area contributed by atoms with Crippen molar-refractivity contribution in [2.24, 2.45) is 0 Å². The van der Waals surface area contributed by atoms with Gasteiger partial charge in [0, 0.05) is 23.2 Å². The van der Waals surface area contributed by atoms with E-state index in [2.05, 4.69) is 29.1 Å². The Labute approximate surface area is 196 Å². The van der Waals surface area contributed by atoms with E-state index >= 15 is 0 Å². The van der Waals surface area contributed by atoms with Crippen LogP contribution in [0.1, 0.15) is 58.8 Å². The van der Waals surface area contributed by atoms with Crippen LogP contribution in [0.5, 0.6) is 11.5 Å². The molecule has 1 N–H and O–H groups in total. The number of hydrogen-bond donors (Lipinski definition) is 1. The fourth-order valence-electron chi connectivity index (χ4n) is 3.69. The number of rotatable bonds is 9. The van der Waals surface area contributed by atoms with Gasteiger partial charge in [-0.05, 0) is 30.5 Å². The number of thiazole rings is 1. The number of hydrogen-bond acceptors (Lipinski definition) is 7. The van der Waals surface area contributed by atoms with Crippen molar-refractivity contribution < 1.29 is 19.1 Å². The second-order valence-corrected chi connectivity index (χ2v) is 8.55. The van der Waals surface area contributed by atoms with E-state index in [-0.39, 0.29) is 22.9 Å². The molecule has 8 nitrogen and oxygen atoms in total. The van der Waals surface area contributed by atoms with Crippen LogP contribution in [-0.4, -0.2) is 35.0 Å². The lowest BCUT2D eigenvalue weighted by atomic mass is 10.1. The molecule has 2 aromatic heterocycles. The van der Waals surface area contributed by atoms with Crippen LogP contribution in [0, 0.1) is 0 Å². The summed E-state index contributed by atoms with van der Waals surface area (Å²) in [5, 5.41) is 4.81. The molecule has 4 rings (SSSR count). The first-order valence-electron chi connectivity index (χ1n) is 10.9. The Morgan fingerprint density at radius 1 is 1.30 bits per heavy atom. The maximum atomic E-state index is 12.9. The molecule has 0 saturated heterocycles. The van der Waals surface area contributed by atoms with E-state index in [0.717, 1.165) is 24.8 Å². The third-order valence-electron chi connectivity index (χ3n) is 5.47. The molecular formula is C24H26N4O4S. The fourth-order valence-corrected chi connectivity index (χ4v) is 4.39. The molecule has 0 spiro atoms. The number of nitrogens with zero attached hydrogens (tertiary/aromatic N) is 3. The van der Waals surface area contributed by atoms with Gasteiger partial charge in [-0.25, -0.2) is 4.98 Å². The third kappa shape index (κ3) is 4.83. The highest BCUT2D eigenvalue weighted by Gasteiger charge is 2.31. The molecule has 0 fully saturated rings. The van der Waals surface area contributed by atoms with Crippen LogP contribution in [0.2, 0.25) is 0 Å². The first-order valence-corrected chi connectivity index (χ1v) is 11.8. The van der Waals surface area contributed by atoms with Crippen LogP contribution in [0.4, 0.5) is 11.5 Å². The van der Waals surface area contributed by atoms with Crippen molar-refractivity contribution in [3.8, 4) is 11.5 Å². The average Bonchev–Trinajstić information content (AvgIpc) is 3.44. The van der Waals surface area contributed by atoms with E-state index in [9.17, 15) is 9.59 Å². The lowest BCUT2D eigenvalue weighted by Crippen LogP contribution is -2.23. The molecule has 3 aromatic rings. The van der Waals surface area contributed by atoms with Gasteiger partial charge in [-0.15, -0.1) is 11.3 Å². The Morgan fingerprint density at radius 2 is 2.15 bits per heavy atom. The number of pyridine rings is 1. The molecule has 2 amide bonds. The Kier molecular flexibility index (Phi) is 6.88. The molecule has 172 valence electrons. The number of aromatic nitrogens is 2. The van der Waals surface area contributed by atoms with Gasteiger partial charge in [0.1, 0.15) is 23.0 Å². The first-order chi connectivity index (χ1) is 16.0. The molecule has 0 saturated carbocycles. The monoisotopic (exact) mass is 466 g/mol. The summed E-state index contributed by atoms with van der Waals surface area (Å²) in [5.74, 6) is 1.11. The predicted octanol–water partition coefficient (Wildman–Crippen LogP) is 4.92. The minimum absolute atomic E-state index is 0.0703. The molecule has 0 radical (unpaired) electrons. The van der Waals surface area contributed by atoms with E-state index in [1.54, 1.807) is 41.9 Å². The van der Waals surface area contributed by atoms with E-state index in [0.29, 0.717) is 35.1 Å². The standard InChI is InChI=1S/C24H26N4O4S/c1-4-6-16(5-2)32-20-9-10-25-12-19(20)26-22(29)23-27-21(14-33-23)28-13-15-7-8-17(31-3)11-18(15)24(28)30/h7-12,14,16H,4-6,13H2,1-3H3,(H,26,29)/t16-/m1/s1. The van der Waals surface area contributed by atoms with Crippen molar-refractivity contribution >= 4 is 34.7 Å². The Morgan fingerprint density at radius 3 is 2.91 bits per heavy atom. The predicted molar refractivity (Wildman–Crippen MR) is 127 cm³/mol. The smallest absolute Gasteiger partial charge is 0.284 e. The summed E-state index contributed by atoms with van der Waals surface area (Å²) in [6, 6.07) is 7.17. The van der Waals surface area contributed by atoms with Crippen LogP contribution in [0.3, 0.4) is 0 Å². The number of benzene rings is 1. The van der Waals surface area contributed by atoms with E-state index in [1.807, 2.05) is 12.1 Å². The Hall–Kier alpha value is -3.46. The van der Waals surface area contributed by atoms with Gasteiger partial charge >= 0.3 is 0 Å². The van der Waals surface area contributed by atoms with Crippen molar-refractivity contribution in [1.82, 2.24) is 9.97 Å². The quantitative estimate of drug-likeness (QED) is 0.481. The maximum absolute atomic E-state index is 12.9. The fraction of sp³-hybridized carbons (Fsp3) is 0.333. The van der Waals surface area contributed by atoms with Crippen molar-refractivity contribution in [3.63, 3.8) is 0 Å². The zero-order valence-electron chi connectivity index (χ0n) is 18.8. The topological polar surface area (TPSA) is 93.7 Å². The SMILES string of the molecule is CCC[C@@H](CC)Oc1ccncc1NC(=O)c1nc(N2Cc3ccc(OC)cc3C2=O)cs1. The van der Waals surface area contributed by atoms with Crippen LogP contribution >= 0.6 is 11.3 Å². The number of methoxy groups -OCH3 is 1. The summed E-state index contributed by atoms with van der Waals surface area (Å²) in [6.45, 7) is 4.59. The summed E-state index contributed by atoms with van der Waals surface area (Å²) in [6.07, 6.45) is 6.09. The molecule has 1 aromatic carbocycles. The van der Waals surface area contributed by atoms with Crippen molar-refractivity contribution in [3.05, 3.63) is 58.2 Å². The summed E-state index contributed by atoms with van der Waals surface area (Å²) < 4.78 is 11.3. The number of nitrogens with one attached hydrogen (secondary N) is 1. The van der Waals surface area contributed by atoms with Gasteiger partial charge in [-0.3, -0.25) is 19.5 Å². The van der Waals surface area contributed by atoms with Crippen LogP contribution in [0.15, 0.2) is 42.0 Å². The zero-order chi connectivity index (χ0) is 23.4. The van der Waals surface area contributed by atoms with Gasteiger partial charge in [-0.2, -0.15) is 0 Å². The average molecular weight is 467 g/mol. The molecule has 33 heavy (non-hydrogen) atoms. The number of carbonyl (C=O) groups excluding carboxylic acids is 2. The number of fused-ring (bicyclic) bond motifs is 1. The molecular weight excluding hydrogens is 440 g/mol. The van der Waals surface area contributed by atoms with Crippen LogP contribution in [-0.2, 0) is 6.54 Å². The Balaban J connectivity index is 1.48. The number of carbonyl (C=O) groups is 2. The van der Waals surface area contributed by atoms with E-state index in [1.165, 1.54) is 11.3 Å². The summed E-state index contributed by atoms with van der Waals surface area (Å²) in [7, 11) is 1.56. The summed E-state index contributed by atoms with van der Waals surface area (Å²) >= 11 is 1.18. The van der Waals surface area contributed by atoms with Gasteiger partial charge in [0.25, 0.3) is 11.8 Å². The molecule has 1 aliphatic rings. The molecule has 0 unspecified atom stereocenters. The lowest BCUT2D eigenvalue weighted by molar-refractivity contribution is 0.0991. The zero-order valence-corrected chi connectivity index (χ0v) is 19.6. The van der Waals surface area contributed by atoms with Crippen LogP contribution < -0.4 is 19.7 Å². The van der Waals surface area contributed by atoms with Crippen molar-refractivity contribution in [2.45, 2.75) is 45.8 Å². The minimum Gasteiger partial charge on any atom is -0.497 e. The second kappa shape index (κ2) is 9.99. The van der Waals surface area contributed by atoms with Crippen molar-refractivity contribution in [1.29, 1.82) is 0 Å². The third-order valence-corrected chi connectivity index (χ3v) is 6.30. The normalized spacial score (nSPS) is 13.5. The van der Waals surface area contributed by atoms with Crippen molar-refractivity contribution in [2.75, 3.05) is 17.3 Å². The van der Waals surface area contributed by atoms with E-state index in [4.69, 9.17) is 9.47 Å². The molecule has 1 atom stereocenters. The number of amides is 2. The van der Waals surface area contributed by atoms with Gasteiger partial charge in [-0.1, -0.05) is 26.3 Å². The molecule has 0 bridgehead atoms. The van der Waals surface area contributed by atoms with E-state index < -0.39 is 0 Å². The molecule has 1 aliphatic heterocycles. The van der Waals surface area contributed by atoms with Gasteiger partial charge in [0.05, 0.1) is 26.0 Å². The lowest BCUT2D eigenvalue weighted by Gasteiger charge is -2.19. The summed E-state index contributed by atoms with van der Waals surface area (Å²) in [4.78, 5) is 35.9. The second-order valence-electron chi connectivity index (χ2n) is 7.69. The largest absolute Gasteiger partial charge is 0.497 e. The highest BCUT2D eigenvalue weighted by Crippen LogP contribution is 2.32. The maximum Gasteiger partial charge on any atom is 0.284 e. The molecule has 0 aliphatic carbocycles. The van der Waals surface area contributed by atoms with Gasteiger partial charge in [0.2, 0.25) is 0 Å². The number of ether oxygens (including phenoxy) is 2. The molecule has 9 heteroatoms. The van der Waals surface area contributed by atoms with Gasteiger partial charge < -0.3 is 14.8 Å². The number of anilines is 2.